The molecule has 3 aliphatic carbocycles. The number of phenolic OH excluding ortho intramolecular Hbond substituents is 1. The normalized spacial score (nSPS) is 25.2. The van der Waals surface area contributed by atoms with Gasteiger partial charge in [-0.25, -0.2) is 0 Å². The maximum absolute atomic E-state index is 12.9. The topological polar surface area (TPSA) is 20.2 Å². The molecule has 1 nitrogen and oxygen atoms in total. The molecule has 0 fully saturated rings. The standard InChI is InChI=1S/C51H54O/c1-49(28-16-7-17-29-49)36-45(39-22-10-4-11-23-39)42-34-43(46(40-24-12-5-13-25-40)37-50(2)30-18-8-19-31-50)48(52)44(35-42)47(41-26-14-6-15-27-41)38-51(3)32-20-9-21-33-51/h4-28,30,32,34-35,45-47,52H,29,31,33,36-38H2,1-3H3. The minimum Gasteiger partial charge on any atom is -0.507 e. The molecule has 0 heterocycles. The molecule has 1 heteroatoms. The molecule has 0 aliphatic heterocycles. The molecule has 3 aliphatic rings. The summed E-state index contributed by atoms with van der Waals surface area (Å²) in [5, 5.41) is 12.9. The summed E-state index contributed by atoms with van der Waals surface area (Å²) >= 11 is 0. The number of hydrogen-bond donors (Lipinski definition) is 1. The molecule has 0 saturated carbocycles. The molecule has 264 valence electrons. The van der Waals surface area contributed by atoms with E-state index in [2.05, 4.69) is 197 Å². The van der Waals surface area contributed by atoms with E-state index < -0.39 is 0 Å². The van der Waals surface area contributed by atoms with Gasteiger partial charge in [-0.2, -0.15) is 0 Å². The van der Waals surface area contributed by atoms with Crippen LogP contribution in [0.1, 0.15) is 110 Å². The van der Waals surface area contributed by atoms with Gasteiger partial charge in [0, 0.05) is 28.9 Å². The molecule has 0 amide bonds. The predicted molar refractivity (Wildman–Crippen MR) is 220 cm³/mol. The van der Waals surface area contributed by atoms with Crippen LogP contribution >= 0.6 is 0 Å². The average Bonchev–Trinajstić information content (AvgIpc) is 3.17. The van der Waals surface area contributed by atoms with Gasteiger partial charge >= 0.3 is 0 Å². The van der Waals surface area contributed by atoms with Gasteiger partial charge in [0.25, 0.3) is 0 Å². The van der Waals surface area contributed by atoms with E-state index in [0.29, 0.717) is 5.75 Å². The number of allylic oxidation sites excluding steroid dienone is 12. The van der Waals surface area contributed by atoms with Crippen LogP contribution in [0, 0.1) is 16.2 Å². The molecule has 0 saturated heterocycles. The SMILES string of the molecule is CC1(CC(c2ccccc2)c2cc(C(CC3(C)C=CC=CC3)c3ccccc3)c(O)c(C(CC3(C)C=CC=CC3)c3ccccc3)c2)C=CC=CC1. The van der Waals surface area contributed by atoms with Gasteiger partial charge in [0.15, 0.2) is 0 Å². The van der Waals surface area contributed by atoms with Gasteiger partial charge in [0.2, 0.25) is 0 Å². The molecule has 0 aromatic heterocycles. The van der Waals surface area contributed by atoms with E-state index in [1.807, 2.05) is 0 Å². The Balaban J connectivity index is 1.46. The second-order valence-corrected chi connectivity index (χ2v) is 16.5. The van der Waals surface area contributed by atoms with E-state index >= 15 is 0 Å². The van der Waals surface area contributed by atoms with Crippen molar-refractivity contribution in [2.75, 3.05) is 0 Å². The Labute approximate surface area is 312 Å². The Morgan fingerprint density at radius 1 is 0.442 bits per heavy atom. The van der Waals surface area contributed by atoms with Crippen molar-refractivity contribution in [3.63, 3.8) is 0 Å². The van der Waals surface area contributed by atoms with E-state index in [9.17, 15) is 5.11 Å². The van der Waals surface area contributed by atoms with Gasteiger partial charge in [-0.1, -0.05) is 197 Å². The highest BCUT2D eigenvalue weighted by Crippen LogP contribution is 2.51. The van der Waals surface area contributed by atoms with E-state index in [1.165, 1.54) is 22.3 Å². The third-order valence-electron chi connectivity index (χ3n) is 12.0. The highest BCUT2D eigenvalue weighted by Gasteiger charge is 2.36. The van der Waals surface area contributed by atoms with E-state index in [1.54, 1.807) is 0 Å². The van der Waals surface area contributed by atoms with E-state index in [0.717, 1.165) is 49.7 Å². The molecule has 4 aromatic rings. The first-order valence-electron chi connectivity index (χ1n) is 19.3. The number of aromatic hydroxyl groups is 1. The Hall–Kier alpha value is -4.88. The van der Waals surface area contributed by atoms with Crippen LogP contribution in [0.25, 0.3) is 0 Å². The fourth-order valence-corrected chi connectivity index (χ4v) is 8.90. The molecule has 7 rings (SSSR count). The minimum absolute atomic E-state index is 0.00934. The summed E-state index contributed by atoms with van der Waals surface area (Å²) < 4.78 is 0. The monoisotopic (exact) mass is 682 g/mol. The zero-order valence-corrected chi connectivity index (χ0v) is 31.2. The summed E-state index contributed by atoms with van der Waals surface area (Å²) in [6.07, 6.45) is 32.9. The van der Waals surface area contributed by atoms with Gasteiger partial charge in [0.05, 0.1) is 0 Å². The summed E-state index contributed by atoms with van der Waals surface area (Å²) in [4.78, 5) is 0. The van der Waals surface area contributed by atoms with Crippen molar-refractivity contribution in [3.05, 3.63) is 209 Å². The molecular formula is C51H54O. The highest BCUT2D eigenvalue weighted by molar-refractivity contribution is 5.55. The largest absolute Gasteiger partial charge is 0.507 e. The summed E-state index contributed by atoms with van der Waals surface area (Å²) in [6.45, 7) is 7.15. The van der Waals surface area contributed by atoms with Gasteiger partial charge in [-0.15, -0.1) is 0 Å². The van der Waals surface area contributed by atoms with Crippen LogP contribution < -0.4 is 0 Å². The number of benzene rings is 4. The Morgan fingerprint density at radius 2 is 0.769 bits per heavy atom. The first-order valence-corrected chi connectivity index (χ1v) is 19.3. The van der Waals surface area contributed by atoms with Crippen molar-refractivity contribution in [1.82, 2.24) is 0 Å². The van der Waals surface area contributed by atoms with E-state index in [4.69, 9.17) is 0 Å². The fourth-order valence-electron chi connectivity index (χ4n) is 8.90. The second kappa shape index (κ2) is 15.4. The number of phenols is 1. The average molecular weight is 683 g/mol. The molecule has 6 atom stereocenters. The quantitative estimate of drug-likeness (QED) is 0.158. The van der Waals surface area contributed by atoms with Gasteiger partial charge in [-0.3, -0.25) is 0 Å². The van der Waals surface area contributed by atoms with Crippen LogP contribution in [-0.2, 0) is 0 Å². The lowest BCUT2D eigenvalue weighted by Crippen LogP contribution is -2.22. The van der Waals surface area contributed by atoms with E-state index in [-0.39, 0.29) is 34.0 Å². The fraction of sp³-hybridized carbons (Fsp3) is 0.294. The predicted octanol–water partition coefficient (Wildman–Crippen LogP) is 13.5. The van der Waals surface area contributed by atoms with Crippen molar-refractivity contribution in [2.45, 2.75) is 77.0 Å². The van der Waals surface area contributed by atoms with Gasteiger partial charge in [-0.05, 0) is 77.0 Å². The van der Waals surface area contributed by atoms with Crippen molar-refractivity contribution in [2.24, 2.45) is 16.2 Å². The molecule has 52 heavy (non-hydrogen) atoms. The van der Waals surface area contributed by atoms with Crippen molar-refractivity contribution >= 4 is 0 Å². The summed E-state index contributed by atoms with van der Waals surface area (Å²) in [6, 6.07) is 37.7. The Bertz CT molecular complexity index is 1890. The van der Waals surface area contributed by atoms with Crippen LogP contribution in [0.15, 0.2) is 176 Å². The number of rotatable bonds is 12. The maximum Gasteiger partial charge on any atom is 0.123 e. The summed E-state index contributed by atoms with van der Waals surface area (Å²) in [5.41, 5.74) is 7.13. The second-order valence-electron chi connectivity index (χ2n) is 16.5. The lowest BCUT2D eigenvalue weighted by Gasteiger charge is -2.36. The van der Waals surface area contributed by atoms with Crippen LogP contribution in [0.2, 0.25) is 0 Å². The van der Waals surface area contributed by atoms with Crippen LogP contribution in [0.3, 0.4) is 0 Å². The molecular weight excluding hydrogens is 629 g/mol. The minimum atomic E-state index is -0.0328. The first kappa shape index (κ1) is 35.5. The lowest BCUT2D eigenvalue weighted by atomic mass is 9.68. The molecule has 4 aromatic carbocycles. The van der Waals surface area contributed by atoms with Crippen molar-refractivity contribution in [3.8, 4) is 5.75 Å². The summed E-state index contributed by atoms with van der Waals surface area (Å²) in [7, 11) is 0. The third kappa shape index (κ3) is 8.10. The van der Waals surface area contributed by atoms with Crippen LogP contribution in [0.5, 0.6) is 5.75 Å². The molecule has 6 unspecified atom stereocenters. The zero-order valence-electron chi connectivity index (χ0n) is 31.2. The smallest absolute Gasteiger partial charge is 0.123 e. The number of hydrogen-bond acceptors (Lipinski definition) is 1. The molecule has 0 bridgehead atoms. The third-order valence-corrected chi connectivity index (χ3v) is 12.0. The van der Waals surface area contributed by atoms with Crippen molar-refractivity contribution < 1.29 is 5.11 Å². The lowest BCUT2D eigenvalue weighted by molar-refractivity contribution is 0.355. The Kier molecular flexibility index (Phi) is 10.5. The Morgan fingerprint density at radius 3 is 1.10 bits per heavy atom. The molecule has 1 N–H and O–H groups in total. The summed E-state index contributed by atoms with van der Waals surface area (Å²) in [5.74, 6) is 0.613. The first-order chi connectivity index (χ1) is 25.2. The molecule has 0 radical (unpaired) electrons. The zero-order chi connectivity index (χ0) is 36.0. The molecule has 0 spiro atoms. The van der Waals surface area contributed by atoms with Crippen LogP contribution in [-0.4, -0.2) is 5.11 Å². The highest BCUT2D eigenvalue weighted by atomic mass is 16.3. The maximum atomic E-state index is 12.9. The van der Waals surface area contributed by atoms with Crippen molar-refractivity contribution in [1.29, 1.82) is 0 Å². The van der Waals surface area contributed by atoms with Crippen LogP contribution in [0.4, 0.5) is 0 Å². The van der Waals surface area contributed by atoms with Gasteiger partial charge in [0.1, 0.15) is 5.75 Å². The van der Waals surface area contributed by atoms with Gasteiger partial charge < -0.3 is 5.11 Å².